The van der Waals surface area contributed by atoms with Crippen LogP contribution < -0.4 is 10.6 Å². The van der Waals surface area contributed by atoms with E-state index in [2.05, 4.69) is 48.8 Å². The zero-order valence-corrected chi connectivity index (χ0v) is 6.96. The van der Waals surface area contributed by atoms with E-state index in [-0.39, 0.29) is 5.54 Å². The summed E-state index contributed by atoms with van der Waals surface area (Å²) in [5.74, 6) is 0. The molecule has 1 aliphatic heterocycles. The van der Waals surface area contributed by atoms with E-state index in [9.17, 15) is 0 Å². The second-order valence-electron chi connectivity index (χ2n) is 3.54. The molecule has 0 aromatic heterocycles. The van der Waals surface area contributed by atoms with E-state index in [0.717, 1.165) is 0 Å². The number of nitrogens with one attached hydrogen (secondary N) is 2. The first-order chi connectivity index (χ1) is 5.21. The predicted molar refractivity (Wildman–Crippen MR) is 46.2 cm³/mol. The Morgan fingerprint density at radius 3 is 2.91 bits per heavy atom. The molecule has 1 saturated heterocycles. The zero-order chi connectivity index (χ0) is 7.90. The maximum absolute atomic E-state index is 3.48. The molecule has 2 N–H and O–H groups in total. The number of hydrogen-bond donors (Lipinski definition) is 2. The summed E-state index contributed by atoms with van der Waals surface area (Å²) in [5.41, 5.74) is 0.133. The molecule has 0 aromatic rings. The summed E-state index contributed by atoms with van der Waals surface area (Å²) < 4.78 is 0. The lowest BCUT2D eigenvalue weighted by molar-refractivity contribution is 0.474. The molecule has 0 amide bonds. The molecule has 2 heteroatoms. The predicted octanol–water partition coefficient (Wildman–Crippen LogP) is 0.778. The average Bonchev–Trinajstić information content (AvgIpc) is 2.22. The van der Waals surface area contributed by atoms with Crippen molar-refractivity contribution in [1.82, 2.24) is 10.6 Å². The molecule has 2 rings (SSSR count). The third-order valence-electron chi connectivity index (χ3n) is 2.46. The Morgan fingerprint density at radius 1 is 1.36 bits per heavy atom. The molecule has 2 nitrogen and oxygen atoms in total. The van der Waals surface area contributed by atoms with Crippen LogP contribution in [0.2, 0.25) is 0 Å². The topological polar surface area (TPSA) is 24.1 Å². The van der Waals surface area contributed by atoms with E-state index < -0.39 is 0 Å². The van der Waals surface area contributed by atoms with Crippen LogP contribution in [-0.4, -0.2) is 17.7 Å². The summed E-state index contributed by atoms with van der Waals surface area (Å²) in [7, 11) is 0. The van der Waals surface area contributed by atoms with Gasteiger partial charge in [0.25, 0.3) is 0 Å². The van der Waals surface area contributed by atoms with Crippen LogP contribution in [0.1, 0.15) is 13.8 Å². The lowest BCUT2D eigenvalue weighted by Gasteiger charge is -2.27. The van der Waals surface area contributed by atoms with Gasteiger partial charge in [-0.3, -0.25) is 10.6 Å². The van der Waals surface area contributed by atoms with Crippen molar-refractivity contribution in [1.29, 1.82) is 0 Å². The minimum absolute atomic E-state index is 0.133. The van der Waals surface area contributed by atoms with Gasteiger partial charge in [-0.15, -0.1) is 0 Å². The Hall–Kier alpha value is -0.600. The smallest absolute Gasteiger partial charge is 0.0555 e. The van der Waals surface area contributed by atoms with Gasteiger partial charge in [0.1, 0.15) is 0 Å². The molecule has 11 heavy (non-hydrogen) atoms. The molecule has 0 saturated carbocycles. The third-order valence-corrected chi connectivity index (χ3v) is 2.46. The SMILES string of the molecule is CC1NC2C=CC=CC2(C)N1. The minimum Gasteiger partial charge on any atom is -0.294 e. The molecule has 1 fully saturated rings. The average molecular weight is 150 g/mol. The highest BCUT2D eigenvalue weighted by Crippen LogP contribution is 2.22. The van der Waals surface area contributed by atoms with Crippen LogP contribution in [0, 0.1) is 0 Å². The number of fused-ring (bicyclic) bond motifs is 1. The van der Waals surface area contributed by atoms with Crippen molar-refractivity contribution in [2.75, 3.05) is 0 Å². The normalized spacial score (nSPS) is 47.8. The van der Waals surface area contributed by atoms with Crippen LogP contribution >= 0.6 is 0 Å². The summed E-state index contributed by atoms with van der Waals surface area (Å²) in [6, 6.07) is 0.461. The van der Waals surface area contributed by atoms with Crippen molar-refractivity contribution in [3.05, 3.63) is 24.3 Å². The van der Waals surface area contributed by atoms with Gasteiger partial charge in [-0.1, -0.05) is 24.3 Å². The van der Waals surface area contributed by atoms with Crippen LogP contribution in [0.4, 0.5) is 0 Å². The molecule has 60 valence electrons. The molecular weight excluding hydrogens is 136 g/mol. The zero-order valence-electron chi connectivity index (χ0n) is 6.96. The van der Waals surface area contributed by atoms with Crippen LogP contribution in [0.25, 0.3) is 0 Å². The van der Waals surface area contributed by atoms with Gasteiger partial charge in [0.15, 0.2) is 0 Å². The van der Waals surface area contributed by atoms with E-state index in [4.69, 9.17) is 0 Å². The minimum atomic E-state index is 0.133. The van der Waals surface area contributed by atoms with Gasteiger partial charge < -0.3 is 0 Å². The van der Waals surface area contributed by atoms with E-state index in [0.29, 0.717) is 12.2 Å². The Balaban J connectivity index is 2.27. The van der Waals surface area contributed by atoms with Crippen LogP contribution in [0.3, 0.4) is 0 Å². The Labute approximate surface area is 67.4 Å². The number of hydrogen-bond acceptors (Lipinski definition) is 2. The van der Waals surface area contributed by atoms with Gasteiger partial charge in [-0.25, -0.2) is 0 Å². The first-order valence-corrected chi connectivity index (χ1v) is 4.10. The highest BCUT2D eigenvalue weighted by Gasteiger charge is 2.38. The van der Waals surface area contributed by atoms with Crippen LogP contribution in [0.5, 0.6) is 0 Å². The summed E-state index contributed by atoms with van der Waals surface area (Å²) in [6.07, 6.45) is 9.03. The van der Waals surface area contributed by atoms with Crippen LogP contribution in [0.15, 0.2) is 24.3 Å². The molecule has 1 aliphatic carbocycles. The lowest BCUT2D eigenvalue weighted by atomic mass is 9.90. The molecule has 0 spiro atoms. The molecule has 3 unspecified atom stereocenters. The highest BCUT2D eigenvalue weighted by molar-refractivity contribution is 5.28. The highest BCUT2D eigenvalue weighted by atomic mass is 15.3. The van der Waals surface area contributed by atoms with Crippen LogP contribution in [-0.2, 0) is 0 Å². The van der Waals surface area contributed by atoms with Gasteiger partial charge in [0.2, 0.25) is 0 Å². The quantitative estimate of drug-likeness (QED) is 0.533. The van der Waals surface area contributed by atoms with Gasteiger partial charge in [0, 0.05) is 6.04 Å². The summed E-state index contributed by atoms with van der Waals surface area (Å²) in [5, 5.41) is 6.93. The second kappa shape index (κ2) is 2.19. The molecular formula is C9H14N2. The van der Waals surface area contributed by atoms with Gasteiger partial charge in [-0.2, -0.15) is 0 Å². The van der Waals surface area contributed by atoms with Crippen molar-refractivity contribution < 1.29 is 0 Å². The van der Waals surface area contributed by atoms with Crippen molar-refractivity contribution in [3.63, 3.8) is 0 Å². The first-order valence-electron chi connectivity index (χ1n) is 4.10. The molecule has 2 aliphatic rings. The Bertz CT molecular complexity index is 220. The van der Waals surface area contributed by atoms with E-state index in [1.807, 2.05) is 0 Å². The van der Waals surface area contributed by atoms with E-state index in [1.54, 1.807) is 0 Å². The molecule has 0 radical (unpaired) electrons. The van der Waals surface area contributed by atoms with Gasteiger partial charge in [0.05, 0.1) is 11.7 Å². The van der Waals surface area contributed by atoms with E-state index in [1.165, 1.54) is 0 Å². The maximum Gasteiger partial charge on any atom is 0.0555 e. The molecule has 0 bridgehead atoms. The largest absolute Gasteiger partial charge is 0.294 e. The van der Waals surface area contributed by atoms with Gasteiger partial charge >= 0.3 is 0 Å². The monoisotopic (exact) mass is 150 g/mol. The van der Waals surface area contributed by atoms with Crippen molar-refractivity contribution in [3.8, 4) is 0 Å². The molecule has 1 heterocycles. The summed E-state index contributed by atoms with van der Waals surface area (Å²) in [6.45, 7) is 4.36. The van der Waals surface area contributed by atoms with Crippen molar-refractivity contribution in [2.24, 2.45) is 0 Å². The molecule has 0 aromatic carbocycles. The third kappa shape index (κ3) is 1.03. The standard InChI is InChI=1S/C9H14N2/c1-7-10-8-5-3-4-6-9(8,2)11-7/h3-8,10-11H,1-2H3. The second-order valence-corrected chi connectivity index (χ2v) is 3.54. The fraction of sp³-hybridized carbons (Fsp3) is 0.556. The fourth-order valence-electron chi connectivity index (χ4n) is 1.88. The Morgan fingerprint density at radius 2 is 2.18 bits per heavy atom. The summed E-state index contributed by atoms with van der Waals surface area (Å²) in [4.78, 5) is 0. The maximum atomic E-state index is 3.48. The van der Waals surface area contributed by atoms with Gasteiger partial charge in [-0.05, 0) is 13.8 Å². The number of allylic oxidation sites excluding steroid dienone is 2. The van der Waals surface area contributed by atoms with Crippen molar-refractivity contribution in [2.45, 2.75) is 31.6 Å². The first kappa shape index (κ1) is 7.07. The fourth-order valence-corrected chi connectivity index (χ4v) is 1.88. The van der Waals surface area contributed by atoms with E-state index >= 15 is 0 Å². The Kier molecular flexibility index (Phi) is 1.41. The summed E-state index contributed by atoms with van der Waals surface area (Å²) >= 11 is 0. The van der Waals surface area contributed by atoms with Crippen molar-refractivity contribution >= 4 is 0 Å². The lowest BCUT2D eigenvalue weighted by Crippen LogP contribution is -2.44. The number of rotatable bonds is 0. The molecule has 3 atom stereocenters.